The first-order chi connectivity index (χ1) is 8.20. The van der Waals surface area contributed by atoms with Crippen LogP contribution in [0.25, 0.3) is 11.0 Å². The highest BCUT2D eigenvalue weighted by Crippen LogP contribution is 2.25. The minimum absolute atomic E-state index is 0.0411. The summed E-state index contributed by atoms with van der Waals surface area (Å²) in [6.07, 6.45) is 1.48. The smallest absolute Gasteiger partial charge is 0.311 e. The van der Waals surface area contributed by atoms with Crippen LogP contribution >= 0.6 is 0 Å². The second-order valence-corrected chi connectivity index (χ2v) is 3.44. The molecule has 2 aromatic rings. The zero-order valence-corrected chi connectivity index (χ0v) is 8.84. The Morgan fingerprint density at radius 1 is 1.53 bits per heavy atom. The first-order valence-corrected chi connectivity index (χ1v) is 4.92. The molecule has 0 unspecified atom stereocenters. The molecule has 0 saturated carbocycles. The van der Waals surface area contributed by atoms with Gasteiger partial charge in [0.1, 0.15) is 17.4 Å². The lowest BCUT2D eigenvalue weighted by atomic mass is 10.1. The number of carbonyl (C=O) groups excluding carboxylic acids is 1. The molecule has 1 aromatic heterocycles. The van der Waals surface area contributed by atoms with Crippen LogP contribution in [0.15, 0.2) is 28.9 Å². The van der Waals surface area contributed by atoms with E-state index in [1.807, 2.05) is 0 Å². The van der Waals surface area contributed by atoms with E-state index < -0.39 is 5.97 Å². The van der Waals surface area contributed by atoms with Gasteiger partial charge in [-0.15, -0.1) is 0 Å². The van der Waals surface area contributed by atoms with E-state index in [1.165, 1.54) is 18.4 Å². The van der Waals surface area contributed by atoms with Crippen LogP contribution in [0.4, 0.5) is 0 Å². The first-order valence-electron chi connectivity index (χ1n) is 4.92. The predicted molar refractivity (Wildman–Crippen MR) is 58.2 cm³/mol. The van der Waals surface area contributed by atoms with E-state index in [0.29, 0.717) is 11.1 Å². The molecule has 0 amide bonds. The highest BCUT2D eigenvalue weighted by Gasteiger charge is 2.11. The summed E-state index contributed by atoms with van der Waals surface area (Å²) < 4.78 is 9.85. The minimum atomic E-state index is -0.484. The van der Waals surface area contributed by atoms with Crippen LogP contribution in [0.5, 0.6) is 5.75 Å². The Bertz CT molecular complexity index is 594. The van der Waals surface area contributed by atoms with Crippen molar-refractivity contribution in [1.82, 2.24) is 0 Å². The number of nitrogens with zero attached hydrogens (tertiary/aromatic N) is 1. The van der Waals surface area contributed by atoms with E-state index in [9.17, 15) is 9.90 Å². The van der Waals surface area contributed by atoms with Gasteiger partial charge in [0.25, 0.3) is 0 Å². The topological polar surface area (TPSA) is 83.5 Å². The molecule has 0 aliphatic carbocycles. The fraction of sp³-hybridized carbons (Fsp3) is 0.167. The molecule has 5 nitrogen and oxygen atoms in total. The maximum Gasteiger partial charge on any atom is 0.311 e. The standard InChI is InChI=1S/C12H9NO4/c13-3-4-16-12(15)5-8-7-17-11-6-9(14)1-2-10(8)11/h1-2,6-7,14H,4-5H2. The summed E-state index contributed by atoms with van der Waals surface area (Å²) in [5.41, 5.74) is 1.18. The Morgan fingerprint density at radius 2 is 2.35 bits per heavy atom. The van der Waals surface area contributed by atoms with E-state index in [0.717, 1.165) is 5.39 Å². The minimum Gasteiger partial charge on any atom is -0.508 e. The van der Waals surface area contributed by atoms with E-state index >= 15 is 0 Å². The molecule has 1 N–H and O–H groups in total. The Kier molecular flexibility index (Phi) is 2.97. The van der Waals surface area contributed by atoms with E-state index in [1.54, 1.807) is 12.1 Å². The number of rotatable bonds is 3. The number of benzene rings is 1. The molecule has 0 spiro atoms. The van der Waals surface area contributed by atoms with Gasteiger partial charge in [0.05, 0.1) is 12.7 Å². The first kappa shape index (κ1) is 11.0. The Hall–Kier alpha value is -2.48. The number of hydrogen-bond acceptors (Lipinski definition) is 5. The van der Waals surface area contributed by atoms with E-state index in [4.69, 9.17) is 9.68 Å². The summed E-state index contributed by atoms with van der Waals surface area (Å²) in [6.45, 7) is -0.255. The normalized spacial score (nSPS) is 10.1. The van der Waals surface area contributed by atoms with Crippen molar-refractivity contribution < 1.29 is 19.1 Å². The number of fused-ring (bicyclic) bond motifs is 1. The van der Waals surface area contributed by atoms with Crippen molar-refractivity contribution in [2.45, 2.75) is 6.42 Å². The maximum absolute atomic E-state index is 11.3. The van der Waals surface area contributed by atoms with Gasteiger partial charge in [-0.3, -0.25) is 4.79 Å². The van der Waals surface area contributed by atoms with Gasteiger partial charge < -0.3 is 14.3 Å². The monoisotopic (exact) mass is 231 g/mol. The van der Waals surface area contributed by atoms with Gasteiger partial charge >= 0.3 is 5.97 Å². The van der Waals surface area contributed by atoms with Crippen LogP contribution in [0, 0.1) is 11.3 Å². The van der Waals surface area contributed by atoms with Crippen LogP contribution in [0.2, 0.25) is 0 Å². The molecule has 17 heavy (non-hydrogen) atoms. The third-order valence-electron chi connectivity index (χ3n) is 2.27. The fourth-order valence-corrected chi connectivity index (χ4v) is 1.53. The van der Waals surface area contributed by atoms with Crippen molar-refractivity contribution in [1.29, 1.82) is 5.26 Å². The molecule has 0 atom stereocenters. The molecular weight excluding hydrogens is 222 g/mol. The average Bonchev–Trinajstić information content (AvgIpc) is 2.69. The second-order valence-electron chi connectivity index (χ2n) is 3.44. The average molecular weight is 231 g/mol. The lowest BCUT2D eigenvalue weighted by Gasteiger charge is -1.98. The van der Waals surface area contributed by atoms with Gasteiger partial charge in [-0.05, 0) is 12.1 Å². The molecular formula is C12H9NO4. The van der Waals surface area contributed by atoms with Crippen molar-refractivity contribution in [2.75, 3.05) is 6.61 Å². The lowest BCUT2D eigenvalue weighted by Crippen LogP contribution is -2.07. The van der Waals surface area contributed by atoms with Crippen molar-refractivity contribution in [3.8, 4) is 11.8 Å². The Balaban J connectivity index is 2.20. The van der Waals surface area contributed by atoms with Gasteiger partial charge in [-0.2, -0.15) is 5.26 Å². The van der Waals surface area contributed by atoms with Crippen molar-refractivity contribution in [3.63, 3.8) is 0 Å². The summed E-state index contributed by atoms with van der Waals surface area (Å²) in [6, 6.07) is 6.38. The Labute approximate surface area is 96.8 Å². The summed E-state index contributed by atoms with van der Waals surface area (Å²) in [7, 11) is 0. The van der Waals surface area contributed by atoms with Gasteiger partial charge in [-0.25, -0.2) is 0 Å². The Morgan fingerprint density at radius 3 is 3.12 bits per heavy atom. The molecule has 1 heterocycles. The summed E-state index contributed by atoms with van der Waals surface area (Å²) in [5.74, 6) is -0.382. The molecule has 0 bridgehead atoms. The predicted octanol–water partition coefficient (Wildman–Crippen LogP) is 1.75. The maximum atomic E-state index is 11.3. The molecule has 0 saturated heterocycles. The van der Waals surface area contributed by atoms with Crippen molar-refractivity contribution in [2.24, 2.45) is 0 Å². The molecule has 2 rings (SSSR count). The molecule has 5 heteroatoms. The van der Waals surface area contributed by atoms with E-state index in [2.05, 4.69) is 4.74 Å². The second kappa shape index (κ2) is 4.58. The van der Waals surface area contributed by atoms with Gasteiger partial charge in [0.15, 0.2) is 6.61 Å². The summed E-state index contributed by atoms with van der Waals surface area (Å²) in [5, 5.41) is 18.3. The molecule has 0 aliphatic heterocycles. The number of phenolic OH excluding ortho intramolecular Hbond substituents is 1. The zero-order valence-electron chi connectivity index (χ0n) is 8.84. The molecule has 1 aromatic carbocycles. The number of esters is 1. The van der Waals surface area contributed by atoms with Crippen LogP contribution < -0.4 is 0 Å². The summed E-state index contributed by atoms with van der Waals surface area (Å²) in [4.78, 5) is 11.3. The van der Waals surface area contributed by atoms with Crippen molar-refractivity contribution >= 4 is 16.9 Å². The third kappa shape index (κ3) is 2.37. The van der Waals surface area contributed by atoms with Gasteiger partial charge in [0.2, 0.25) is 0 Å². The lowest BCUT2D eigenvalue weighted by molar-refractivity contribution is -0.141. The third-order valence-corrected chi connectivity index (χ3v) is 2.27. The SMILES string of the molecule is N#CCOC(=O)Cc1coc2cc(O)ccc12. The van der Waals surface area contributed by atoms with Crippen LogP contribution in [0.3, 0.4) is 0 Å². The number of hydrogen-bond donors (Lipinski definition) is 1. The van der Waals surface area contributed by atoms with Gasteiger partial charge in [0, 0.05) is 17.0 Å². The number of furan rings is 1. The highest BCUT2D eigenvalue weighted by atomic mass is 16.5. The number of ether oxygens (including phenoxy) is 1. The highest BCUT2D eigenvalue weighted by molar-refractivity contribution is 5.86. The molecule has 0 aliphatic rings. The number of phenols is 1. The van der Waals surface area contributed by atoms with Crippen LogP contribution in [0.1, 0.15) is 5.56 Å². The number of aromatic hydroxyl groups is 1. The molecule has 86 valence electrons. The van der Waals surface area contributed by atoms with Gasteiger partial charge in [-0.1, -0.05) is 0 Å². The largest absolute Gasteiger partial charge is 0.508 e. The van der Waals surface area contributed by atoms with Crippen molar-refractivity contribution in [3.05, 3.63) is 30.0 Å². The molecule has 0 radical (unpaired) electrons. The molecule has 0 fully saturated rings. The quantitative estimate of drug-likeness (QED) is 0.813. The van der Waals surface area contributed by atoms with Crippen LogP contribution in [-0.4, -0.2) is 17.7 Å². The zero-order chi connectivity index (χ0) is 12.3. The summed E-state index contributed by atoms with van der Waals surface area (Å²) >= 11 is 0. The fourth-order valence-electron chi connectivity index (χ4n) is 1.53. The van der Waals surface area contributed by atoms with E-state index in [-0.39, 0.29) is 18.8 Å². The van der Waals surface area contributed by atoms with Crippen LogP contribution in [-0.2, 0) is 16.0 Å². The number of nitriles is 1. The number of carbonyl (C=O) groups is 1.